The average molecular weight is 335 g/mol. The third kappa shape index (κ3) is 3.44. The zero-order chi connectivity index (χ0) is 17.1. The first-order valence-electron chi connectivity index (χ1n) is 8.77. The second kappa shape index (κ2) is 7.11. The molecule has 0 bridgehead atoms. The van der Waals surface area contributed by atoms with Gasteiger partial charge < -0.3 is 14.5 Å². The van der Waals surface area contributed by atoms with Gasteiger partial charge in [-0.1, -0.05) is 36.4 Å². The normalized spacial score (nSPS) is 17.5. The number of hydrogen-bond acceptors (Lipinski definition) is 4. The predicted molar refractivity (Wildman–Crippen MR) is 99.0 cm³/mol. The van der Waals surface area contributed by atoms with Crippen molar-refractivity contribution in [3.63, 3.8) is 0 Å². The first-order chi connectivity index (χ1) is 12.3. The molecule has 0 amide bonds. The fraction of sp³-hybridized carbons (Fsp3) is 0.286. The van der Waals surface area contributed by atoms with Gasteiger partial charge in [-0.15, -0.1) is 0 Å². The molecule has 1 aliphatic heterocycles. The van der Waals surface area contributed by atoms with Gasteiger partial charge in [0, 0.05) is 24.1 Å². The molecule has 1 atom stereocenters. The van der Waals surface area contributed by atoms with Gasteiger partial charge in [0.15, 0.2) is 5.43 Å². The summed E-state index contributed by atoms with van der Waals surface area (Å²) in [5.41, 5.74) is 1.38. The van der Waals surface area contributed by atoms with Gasteiger partial charge in [0.1, 0.15) is 22.5 Å². The molecule has 1 N–H and O–H groups in total. The van der Waals surface area contributed by atoms with Gasteiger partial charge in [-0.3, -0.25) is 4.79 Å². The van der Waals surface area contributed by atoms with Crippen molar-refractivity contribution in [2.75, 3.05) is 19.7 Å². The molecule has 1 fully saturated rings. The van der Waals surface area contributed by atoms with E-state index in [1.54, 1.807) is 6.07 Å². The Hall–Kier alpha value is -2.59. The smallest absolute Gasteiger partial charge is 0.197 e. The van der Waals surface area contributed by atoms with Gasteiger partial charge in [0.25, 0.3) is 0 Å². The van der Waals surface area contributed by atoms with Gasteiger partial charge in [0.05, 0.1) is 6.61 Å². The van der Waals surface area contributed by atoms with E-state index in [0.29, 0.717) is 35.0 Å². The molecule has 4 rings (SSSR count). The number of benzene rings is 2. The second-order valence-corrected chi connectivity index (χ2v) is 6.49. The van der Waals surface area contributed by atoms with Crippen molar-refractivity contribution in [3.8, 4) is 17.1 Å². The first-order valence-corrected chi connectivity index (χ1v) is 8.77. The van der Waals surface area contributed by atoms with Crippen LogP contribution in [-0.4, -0.2) is 19.7 Å². The number of nitrogens with one attached hydrogen (secondary N) is 1. The highest BCUT2D eigenvalue weighted by Gasteiger charge is 2.16. The lowest BCUT2D eigenvalue weighted by atomic mass is 10.0. The van der Waals surface area contributed by atoms with Crippen LogP contribution in [0.5, 0.6) is 5.75 Å². The van der Waals surface area contributed by atoms with Crippen LogP contribution >= 0.6 is 0 Å². The summed E-state index contributed by atoms with van der Waals surface area (Å²) >= 11 is 0. The molecule has 0 radical (unpaired) electrons. The third-order valence-corrected chi connectivity index (χ3v) is 4.65. The van der Waals surface area contributed by atoms with Gasteiger partial charge in [-0.25, -0.2) is 0 Å². The minimum absolute atomic E-state index is 0.0718. The number of hydrogen-bond donors (Lipinski definition) is 1. The van der Waals surface area contributed by atoms with Crippen LogP contribution in [0.2, 0.25) is 0 Å². The number of rotatable bonds is 4. The van der Waals surface area contributed by atoms with Gasteiger partial charge in [-0.05, 0) is 31.5 Å². The molecular weight excluding hydrogens is 314 g/mol. The highest BCUT2D eigenvalue weighted by molar-refractivity contribution is 5.84. The first kappa shape index (κ1) is 15.9. The van der Waals surface area contributed by atoms with Crippen LogP contribution in [0.25, 0.3) is 22.3 Å². The number of ether oxygens (including phenoxy) is 1. The van der Waals surface area contributed by atoms with Crippen molar-refractivity contribution < 1.29 is 9.15 Å². The second-order valence-electron chi connectivity index (χ2n) is 6.49. The third-order valence-electron chi connectivity index (χ3n) is 4.65. The zero-order valence-electron chi connectivity index (χ0n) is 14.0. The van der Waals surface area contributed by atoms with E-state index in [1.165, 1.54) is 6.42 Å². The van der Waals surface area contributed by atoms with E-state index in [4.69, 9.17) is 9.15 Å². The summed E-state index contributed by atoms with van der Waals surface area (Å²) in [5, 5.41) is 3.90. The lowest BCUT2D eigenvalue weighted by Gasteiger charge is -2.23. The lowest BCUT2D eigenvalue weighted by molar-refractivity contribution is 0.220. The van der Waals surface area contributed by atoms with Crippen LogP contribution in [-0.2, 0) is 0 Å². The largest absolute Gasteiger partial charge is 0.492 e. The van der Waals surface area contributed by atoms with Crippen LogP contribution in [0, 0.1) is 5.92 Å². The van der Waals surface area contributed by atoms with Gasteiger partial charge in [0.2, 0.25) is 0 Å². The quantitative estimate of drug-likeness (QED) is 0.787. The summed E-state index contributed by atoms with van der Waals surface area (Å²) in [6.45, 7) is 2.67. The minimum atomic E-state index is -0.0718. The molecule has 0 aliphatic carbocycles. The van der Waals surface area contributed by atoms with Gasteiger partial charge >= 0.3 is 0 Å². The highest BCUT2D eigenvalue weighted by atomic mass is 16.5. The number of piperidine rings is 1. The Morgan fingerprint density at radius 2 is 2.00 bits per heavy atom. The molecule has 2 aromatic carbocycles. The summed E-state index contributed by atoms with van der Waals surface area (Å²) in [6.07, 6.45) is 2.33. The molecule has 0 spiro atoms. The molecule has 4 nitrogen and oxygen atoms in total. The van der Waals surface area contributed by atoms with E-state index in [9.17, 15) is 4.79 Å². The van der Waals surface area contributed by atoms with Crippen molar-refractivity contribution in [2.45, 2.75) is 12.8 Å². The molecule has 1 aliphatic rings. The summed E-state index contributed by atoms with van der Waals surface area (Å²) in [7, 11) is 0. The average Bonchev–Trinajstić information content (AvgIpc) is 2.67. The highest BCUT2D eigenvalue weighted by Crippen LogP contribution is 2.27. The van der Waals surface area contributed by atoms with E-state index >= 15 is 0 Å². The van der Waals surface area contributed by atoms with E-state index in [2.05, 4.69) is 5.32 Å². The fourth-order valence-electron chi connectivity index (χ4n) is 3.32. The Morgan fingerprint density at radius 1 is 1.12 bits per heavy atom. The van der Waals surface area contributed by atoms with Crippen LogP contribution in [0.1, 0.15) is 12.8 Å². The molecule has 1 saturated heterocycles. The lowest BCUT2D eigenvalue weighted by Crippen LogP contribution is -2.33. The maximum Gasteiger partial charge on any atom is 0.197 e. The maximum atomic E-state index is 12.7. The predicted octanol–water partition coefficient (Wildman–Crippen LogP) is 3.84. The molecule has 4 heteroatoms. The summed E-state index contributed by atoms with van der Waals surface area (Å²) in [4.78, 5) is 12.7. The Labute approximate surface area is 146 Å². The van der Waals surface area contributed by atoms with Crippen LogP contribution in [0.15, 0.2) is 63.8 Å². The SMILES string of the molecule is O=c1cc(-c2ccccc2)oc2cccc(OCC3CCCNC3)c12. The summed E-state index contributed by atoms with van der Waals surface area (Å²) in [6, 6.07) is 16.7. The van der Waals surface area contributed by atoms with E-state index in [0.717, 1.165) is 25.1 Å². The molecular formula is C21H21NO3. The summed E-state index contributed by atoms with van der Waals surface area (Å²) in [5.74, 6) is 1.67. The van der Waals surface area contributed by atoms with E-state index in [-0.39, 0.29) is 5.43 Å². The van der Waals surface area contributed by atoms with E-state index < -0.39 is 0 Å². The van der Waals surface area contributed by atoms with Crippen molar-refractivity contribution >= 4 is 11.0 Å². The maximum absolute atomic E-state index is 12.7. The molecule has 2 heterocycles. The molecule has 3 aromatic rings. The molecule has 0 saturated carbocycles. The van der Waals surface area contributed by atoms with E-state index in [1.807, 2.05) is 48.5 Å². The van der Waals surface area contributed by atoms with Crippen molar-refractivity contribution in [2.24, 2.45) is 5.92 Å². The summed E-state index contributed by atoms with van der Waals surface area (Å²) < 4.78 is 12.0. The van der Waals surface area contributed by atoms with Crippen LogP contribution in [0.3, 0.4) is 0 Å². The zero-order valence-corrected chi connectivity index (χ0v) is 14.0. The Balaban J connectivity index is 1.66. The monoisotopic (exact) mass is 335 g/mol. The molecule has 25 heavy (non-hydrogen) atoms. The van der Waals surface area contributed by atoms with Gasteiger partial charge in [-0.2, -0.15) is 0 Å². The Morgan fingerprint density at radius 3 is 2.80 bits per heavy atom. The molecule has 128 valence electrons. The minimum Gasteiger partial charge on any atom is -0.492 e. The van der Waals surface area contributed by atoms with Crippen LogP contribution < -0.4 is 15.5 Å². The van der Waals surface area contributed by atoms with Crippen LogP contribution in [0.4, 0.5) is 0 Å². The topological polar surface area (TPSA) is 51.5 Å². The standard InChI is InChI=1S/C21H21NO3/c23-17-12-20(16-7-2-1-3-8-16)25-19-10-4-9-18(21(17)19)24-14-15-6-5-11-22-13-15/h1-4,7-10,12,15,22H,5-6,11,13-14H2. The number of fused-ring (bicyclic) bond motifs is 1. The Bertz CT molecular complexity index is 911. The molecule has 1 aromatic heterocycles. The Kier molecular flexibility index (Phi) is 4.53. The fourth-order valence-corrected chi connectivity index (χ4v) is 3.32. The van der Waals surface area contributed by atoms with Crippen molar-refractivity contribution in [1.82, 2.24) is 5.32 Å². The molecule has 1 unspecified atom stereocenters. The van der Waals surface area contributed by atoms with Crippen molar-refractivity contribution in [1.29, 1.82) is 0 Å². The van der Waals surface area contributed by atoms with Crippen molar-refractivity contribution in [3.05, 3.63) is 64.8 Å².